The molecule has 3 rings (SSSR count). The van der Waals surface area contributed by atoms with Crippen molar-refractivity contribution in [3.63, 3.8) is 0 Å². The molecule has 2 aromatic rings. The summed E-state index contributed by atoms with van der Waals surface area (Å²) in [5.41, 5.74) is 6.31. The number of fused-ring (bicyclic) bond motifs is 1. The van der Waals surface area contributed by atoms with E-state index in [1.165, 1.54) is 18.4 Å². The van der Waals surface area contributed by atoms with E-state index in [-0.39, 0.29) is 10.0 Å². The molecule has 0 aliphatic heterocycles. The number of methoxy groups -OCH3 is 1. The number of nitrogens with one attached hydrogen (secondary N) is 3. The number of hydrogen-bond acceptors (Lipinski definition) is 6. The average Bonchev–Trinajstić information content (AvgIpc) is 3.01. The lowest BCUT2D eigenvalue weighted by Gasteiger charge is -2.18. The molecule has 0 spiro atoms. The summed E-state index contributed by atoms with van der Waals surface area (Å²) in [5.74, 6) is 0.117. The molecule has 0 saturated heterocycles. The van der Waals surface area contributed by atoms with Gasteiger partial charge >= 0.3 is 5.97 Å². The number of ether oxygens (including phenoxy) is 1. The monoisotopic (exact) mass is 481 g/mol. The Hall–Kier alpha value is -2.01. The minimum absolute atomic E-state index is 0.0443. The molecule has 0 amide bonds. The van der Waals surface area contributed by atoms with E-state index < -0.39 is 16.0 Å². The van der Waals surface area contributed by atoms with Crippen molar-refractivity contribution in [2.24, 2.45) is 5.92 Å². The lowest BCUT2D eigenvalue weighted by atomic mass is 9.88. The van der Waals surface area contributed by atoms with Crippen LogP contribution in [0.15, 0.2) is 17.0 Å². The molecule has 7 nitrogen and oxygen atoms in total. The molecule has 0 bridgehead atoms. The smallest absolute Gasteiger partial charge is 0.341 e. The van der Waals surface area contributed by atoms with E-state index in [1.54, 1.807) is 13.8 Å². The van der Waals surface area contributed by atoms with Crippen molar-refractivity contribution in [1.29, 1.82) is 0 Å². The minimum atomic E-state index is -3.84. The van der Waals surface area contributed by atoms with Gasteiger partial charge in [0, 0.05) is 4.88 Å². The third-order valence-corrected chi connectivity index (χ3v) is 8.23. The molecule has 0 radical (unpaired) electrons. The van der Waals surface area contributed by atoms with Gasteiger partial charge < -0.3 is 10.1 Å². The van der Waals surface area contributed by atoms with Crippen LogP contribution >= 0.6 is 23.6 Å². The van der Waals surface area contributed by atoms with E-state index in [2.05, 4.69) is 22.5 Å². The molecular formula is C21H27N3O4S3. The summed E-state index contributed by atoms with van der Waals surface area (Å²) < 4.78 is 30.6. The maximum absolute atomic E-state index is 12.8. The molecule has 1 aromatic carbocycles. The highest BCUT2D eigenvalue weighted by Gasteiger charge is 2.28. The molecule has 3 N–H and O–H groups in total. The van der Waals surface area contributed by atoms with Gasteiger partial charge in [-0.15, -0.1) is 16.2 Å². The van der Waals surface area contributed by atoms with Gasteiger partial charge in [0.15, 0.2) is 5.11 Å². The van der Waals surface area contributed by atoms with Crippen LogP contribution in [0.1, 0.15) is 50.8 Å². The molecule has 1 heterocycles. The summed E-state index contributed by atoms with van der Waals surface area (Å²) >= 11 is 6.75. The van der Waals surface area contributed by atoms with Crippen LogP contribution in [0.4, 0.5) is 5.00 Å². The molecule has 0 unspecified atom stereocenters. The van der Waals surface area contributed by atoms with Crippen molar-refractivity contribution in [3.05, 3.63) is 44.8 Å². The largest absolute Gasteiger partial charge is 0.465 e. The van der Waals surface area contributed by atoms with Crippen LogP contribution in [-0.2, 0) is 27.6 Å². The second-order valence-electron chi connectivity index (χ2n) is 7.96. The van der Waals surface area contributed by atoms with Crippen LogP contribution in [0.3, 0.4) is 0 Å². The number of esters is 1. The number of thiocarbonyl (C=S) groups is 1. The first-order chi connectivity index (χ1) is 14.5. The molecule has 0 fully saturated rings. The Morgan fingerprint density at radius 3 is 2.48 bits per heavy atom. The van der Waals surface area contributed by atoms with E-state index in [4.69, 9.17) is 17.0 Å². The lowest BCUT2D eigenvalue weighted by Crippen LogP contribution is -2.44. The summed E-state index contributed by atoms with van der Waals surface area (Å²) in [6.45, 7) is 7.61. The Bertz CT molecular complexity index is 1120. The zero-order valence-electron chi connectivity index (χ0n) is 18.2. The average molecular weight is 482 g/mol. The molecule has 31 heavy (non-hydrogen) atoms. The van der Waals surface area contributed by atoms with E-state index in [9.17, 15) is 13.2 Å². The maximum atomic E-state index is 12.8. The van der Waals surface area contributed by atoms with Gasteiger partial charge in [-0.05, 0) is 74.9 Å². The Kier molecular flexibility index (Phi) is 7.04. The summed E-state index contributed by atoms with van der Waals surface area (Å²) in [7, 11) is -2.50. The zero-order valence-corrected chi connectivity index (χ0v) is 20.7. The number of thiophene rings is 1. The summed E-state index contributed by atoms with van der Waals surface area (Å²) in [4.78, 5) is 16.1. The molecule has 10 heteroatoms. The highest BCUT2D eigenvalue weighted by atomic mass is 32.2. The predicted octanol–water partition coefficient (Wildman–Crippen LogP) is 3.76. The number of hydrazine groups is 1. The van der Waals surface area contributed by atoms with E-state index in [0.717, 1.165) is 35.3 Å². The molecule has 1 aliphatic carbocycles. The Balaban J connectivity index is 1.78. The highest BCUT2D eigenvalue weighted by molar-refractivity contribution is 7.89. The number of carbonyl (C=O) groups is 1. The van der Waals surface area contributed by atoms with Crippen molar-refractivity contribution in [2.75, 3.05) is 12.4 Å². The third kappa shape index (κ3) is 5.08. The molecule has 1 aliphatic rings. The molecule has 1 aromatic heterocycles. The summed E-state index contributed by atoms with van der Waals surface area (Å²) in [6, 6.07) is 3.63. The number of benzene rings is 1. The number of aryl methyl sites for hydroxylation is 3. The van der Waals surface area contributed by atoms with Gasteiger partial charge in [0.05, 0.1) is 17.6 Å². The zero-order chi connectivity index (χ0) is 22.9. The first-order valence-corrected chi connectivity index (χ1v) is 12.6. The van der Waals surface area contributed by atoms with Gasteiger partial charge in [0.25, 0.3) is 10.0 Å². The second-order valence-corrected chi connectivity index (χ2v) is 11.1. The molecule has 168 valence electrons. The fourth-order valence-electron chi connectivity index (χ4n) is 4.05. The second kappa shape index (κ2) is 9.23. The van der Waals surface area contributed by atoms with Gasteiger partial charge in [-0.1, -0.05) is 24.6 Å². The summed E-state index contributed by atoms with van der Waals surface area (Å²) in [6.07, 6.45) is 2.70. The van der Waals surface area contributed by atoms with E-state index in [0.29, 0.717) is 27.6 Å². The SMILES string of the molecule is COC(=O)c1c(NC(=S)NNS(=O)(=O)c2c(C)cc(C)cc2C)sc2c1CC[C@@H](C)C2. The fourth-order valence-corrected chi connectivity index (χ4v) is 7.04. The van der Waals surface area contributed by atoms with Gasteiger partial charge in [0.2, 0.25) is 0 Å². The van der Waals surface area contributed by atoms with E-state index in [1.807, 2.05) is 19.1 Å². The third-order valence-electron chi connectivity index (χ3n) is 5.30. The van der Waals surface area contributed by atoms with Crippen molar-refractivity contribution < 1.29 is 17.9 Å². The van der Waals surface area contributed by atoms with Crippen LogP contribution in [0.5, 0.6) is 0 Å². The number of carbonyl (C=O) groups excluding carboxylic acids is 1. The standard InChI is InChI=1S/C21H27N3O4S3/c1-11-6-7-15-16(10-11)30-19(17(15)20(25)28-5)22-21(29)23-24-31(26,27)18-13(3)8-12(2)9-14(18)4/h8-9,11,24H,6-7,10H2,1-5H3,(H2,22,23,29)/t11-/m1/s1. The first-order valence-electron chi connectivity index (χ1n) is 9.93. The fraction of sp³-hybridized carbons (Fsp3) is 0.429. The summed E-state index contributed by atoms with van der Waals surface area (Å²) in [5, 5.41) is 3.58. The number of rotatable bonds is 5. The van der Waals surface area contributed by atoms with E-state index >= 15 is 0 Å². The van der Waals surface area contributed by atoms with Gasteiger partial charge in [-0.2, -0.15) is 0 Å². The maximum Gasteiger partial charge on any atom is 0.341 e. The van der Waals surface area contributed by atoms with Gasteiger partial charge in [0.1, 0.15) is 5.00 Å². The lowest BCUT2D eigenvalue weighted by molar-refractivity contribution is 0.0600. The van der Waals surface area contributed by atoms with Crippen LogP contribution < -0.4 is 15.6 Å². The number of hydrogen-bond donors (Lipinski definition) is 3. The van der Waals surface area contributed by atoms with Crippen molar-refractivity contribution in [3.8, 4) is 0 Å². The van der Waals surface area contributed by atoms with Crippen LogP contribution in [0, 0.1) is 26.7 Å². The highest BCUT2D eigenvalue weighted by Crippen LogP contribution is 2.40. The van der Waals surface area contributed by atoms with Gasteiger partial charge in [-0.25, -0.2) is 13.2 Å². The van der Waals surface area contributed by atoms with Crippen LogP contribution in [0.25, 0.3) is 0 Å². The Morgan fingerprint density at radius 2 is 1.87 bits per heavy atom. The van der Waals surface area contributed by atoms with Gasteiger partial charge in [-0.3, -0.25) is 5.43 Å². The van der Waals surface area contributed by atoms with Crippen molar-refractivity contribution in [1.82, 2.24) is 10.3 Å². The quantitative estimate of drug-likeness (QED) is 0.340. The number of sulfonamides is 1. The topological polar surface area (TPSA) is 96.5 Å². The van der Waals surface area contributed by atoms with Crippen LogP contribution in [-0.4, -0.2) is 26.6 Å². The predicted molar refractivity (Wildman–Crippen MR) is 127 cm³/mol. The molecule has 1 atom stereocenters. The van der Waals surface area contributed by atoms with Crippen molar-refractivity contribution in [2.45, 2.75) is 51.9 Å². The van der Waals surface area contributed by atoms with Crippen LogP contribution in [0.2, 0.25) is 0 Å². The number of anilines is 1. The first kappa shape index (κ1) is 23.6. The Morgan fingerprint density at radius 1 is 1.23 bits per heavy atom. The minimum Gasteiger partial charge on any atom is -0.465 e. The van der Waals surface area contributed by atoms with Crippen molar-refractivity contribution >= 4 is 49.7 Å². The molecule has 0 saturated carbocycles. The molecular weight excluding hydrogens is 454 g/mol. The Labute approximate surface area is 192 Å². The normalized spacial score (nSPS) is 15.8.